The van der Waals surface area contributed by atoms with Gasteiger partial charge in [0, 0.05) is 36.4 Å². The van der Waals surface area contributed by atoms with Crippen molar-refractivity contribution in [3.8, 4) is 0 Å². The molecule has 1 nitrogen and oxygen atoms in total. The zero-order valence-corrected chi connectivity index (χ0v) is 15.7. The van der Waals surface area contributed by atoms with Gasteiger partial charge in [0.15, 0.2) is 0 Å². The van der Waals surface area contributed by atoms with Gasteiger partial charge in [0.1, 0.15) is 7.09 Å². The fourth-order valence-corrected chi connectivity index (χ4v) is 31.9. The van der Waals surface area contributed by atoms with Crippen molar-refractivity contribution in [1.82, 2.24) is 0 Å². The first-order valence-corrected chi connectivity index (χ1v) is 18.6. The first kappa shape index (κ1) is 15.8. The summed E-state index contributed by atoms with van der Waals surface area (Å²) in [4.78, 5) is 0. The van der Waals surface area contributed by atoms with Gasteiger partial charge >= 0.3 is 0 Å². The van der Waals surface area contributed by atoms with Gasteiger partial charge in [-0.15, -0.1) is 0 Å². The van der Waals surface area contributed by atoms with Gasteiger partial charge in [-0.25, -0.2) is 0 Å². The summed E-state index contributed by atoms with van der Waals surface area (Å²) in [5.74, 6) is 0. The molecule has 0 spiro atoms. The van der Waals surface area contributed by atoms with E-state index in [1.807, 2.05) is 6.92 Å². The van der Waals surface area contributed by atoms with E-state index in [1.165, 1.54) is 52.9 Å². The Morgan fingerprint density at radius 1 is 1.08 bits per heavy atom. The lowest BCUT2D eigenvalue weighted by atomic mass is 11.0. The van der Waals surface area contributed by atoms with Gasteiger partial charge in [0.25, 0.3) is 0 Å². The molecule has 0 saturated heterocycles. The quantitative estimate of drug-likeness (QED) is 0.450. The Labute approximate surface area is 93.5 Å². The predicted octanol–water partition coefficient (Wildman–Crippen LogP) is 8.78. The summed E-state index contributed by atoms with van der Waals surface area (Å²) in [6, 6.07) is 0. The van der Waals surface area contributed by atoms with E-state index in [4.69, 9.17) is 0 Å². The molecule has 0 rings (SSSR count). The van der Waals surface area contributed by atoms with E-state index in [1.54, 1.807) is 0 Å². The summed E-state index contributed by atoms with van der Waals surface area (Å²) < 4.78 is 11.1. The predicted molar refractivity (Wildman–Crippen MR) is 81.8 cm³/mol. The molecule has 11 heteroatoms. The second kappa shape index (κ2) is 12.9. The third-order valence-electron chi connectivity index (χ3n) is 0.655. The van der Waals surface area contributed by atoms with Gasteiger partial charge in [-0.05, 0) is 30.2 Å². The summed E-state index contributed by atoms with van der Waals surface area (Å²) in [6.07, 6.45) is 0.827. The van der Waals surface area contributed by atoms with Crippen molar-refractivity contribution in [2.45, 2.75) is 6.92 Å². The normalized spacial score (nSPS) is 14.1. The van der Waals surface area contributed by atoms with Gasteiger partial charge in [-0.2, -0.15) is 0 Å². The van der Waals surface area contributed by atoms with Crippen LogP contribution < -0.4 is 0 Å². The van der Waals surface area contributed by atoms with Gasteiger partial charge in [-0.3, -0.25) is 4.57 Å². The number of rotatable bonds is 5. The summed E-state index contributed by atoms with van der Waals surface area (Å²) in [7, 11) is 13.4. The van der Waals surface area contributed by atoms with Crippen molar-refractivity contribution in [2.75, 3.05) is 6.16 Å². The molecule has 1 atom stereocenters. The minimum Gasteiger partial charge on any atom is -0.277 e. The lowest BCUT2D eigenvalue weighted by Crippen LogP contribution is -1.44. The SMILES string of the molecule is CCP(=O)=PP=PP=PP=PP=P. The van der Waals surface area contributed by atoms with Crippen LogP contribution in [0.4, 0.5) is 0 Å². The maximum Gasteiger partial charge on any atom is 0.128 e. The molecular weight excluding hydrogens is 350 g/mol. The fraction of sp³-hybridized carbons (Fsp3) is 1.00. The van der Waals surface area contributed by atoms with Crippen molar-refractivity contribution in [3.05, 3.63) is 0 Å². The van der Waals surface area contributed by atoms with Crippen molar-refractivity contribution >= 4 is 76.1 Å². The molecule has 0 aromatic rings. The molecule has 0 aromatic heterocycles. The molecule has 0 saturated carbocycles. The van der Waals surface area contributed by atoms with Crippen LogP contribution in [0.2, 0.25) is 0 Å². The van der Waals surface area contributed by atoms with E-state index in [0.29, 0.717) is 0 Å². The van der Waals surface area contributed by atoms with Gasteiger partial charge in [-0.1, -0.05) is 15.5 Å². The van der Waals surface area contributed by atoms with E-state index in [9.17, 15) is 4.57 Å². The average molecular weight is 356 g/mol. The molecule has 0 bridgehead atoms. The molecule has 0 N–H and O–H groups in total. The topological polar surface area (TPSA) is 17.1 Å². The second-order valence-corrected chi connectivity index (χ2v) is 22.9. The van der Waals surface area contributed by atoms with Gasteiger partial charge < -0.3 is 0 Å². The minimum atomic E-state index is -0.924. The molecule has 0 radical (unpaired) electrons. The summed E-state index contributed by atoms with van der Waals surface area (Å²) in [5, 5.41) is 0. The van der Waals surface area contributed by atoms with Crippen LogP contribution in [0.5, 0.6) is 0 Å². The Balaban J connectivity index is 3.88. The molecule has 1 unspecified atom stereocenters. The third kappa shape index (κ3) is 12.7. The lowest BCUT2D eigenvalue weighted by Gasteiger charge is -1.71. The van der Waals surface area contributed by atoms with E-state index in [0.717, 1.165) is 13.7 Å². The highest BCUT2D eigenvalue weighted by molar-refractivity contribution is 8.57. The molecule has 13 heavy (non-hydrogen) atoms. The highest BCUT2D eigenvalue weighted by Gasteiger charge is 1.77. The maximum absolute atomic E-state index is 11.1. The first-order valence-electron chi connectivity index (χ1n) is 3.03. The molecular formula is C2H6OP10. The van der Waals surface area contributed by atoms with Crippen molar-refractivity contribution in [1.29, 1.82) is 0 Å². The van der Waals surface area contributed by atoms with E-state index >= 15 is 0 Å². The Morgan fingerprint density at radius 3 is 2.15 bits per heavy atom. The van der Waals surface area contributed by atoms with Crippen LogP contribution >= 0.6 is 76.1 Å². The van der Waals surface area contributed by atoms with Gasteiger partial charge in [0.2, 0.25) is 0 Å². The van der Waals surface area contributed by atoms with Crippen LogP contribution in [0.3, 0.4) is 0 Å². The molecule has 0 aliphatic rings. The molecule has 70 valence electrons. The highest BCUT2D eigenvalue weighted by atomic mass is 32.6. The monoisotopic (exact) mass is 356 g/mol. The van der Waals surface area contributed by atoms with Crippen LogP contribution in [-0.2, 0) is 4.57 Å². The van der Waals surface area contributed by atoms with Crippen LogP contribution in [-0.4, -0.2) is 6.16 Å². The minimum absolute atomic E-state index is 0.827. The van der Waals surface area contributed by atoms with E-state index in [2.05, 4.69) is 8.53 Å². The van der Waals surface area contributed by atoms with Crippen molar-refractivity contribution in [3.63, 3.8) is 0 Å². The maximum atomic E-state index is 11.1. The zero-order valence-electron chi connectivity index (χ0n) is 6.64. The molecule has 0 fully saturated rings. The van der Waals surface area contributed by atoms with Crippen molar-refractivity contribution < 1.29 is 4.57 Å². The summed E-state index contributed by atoms with van der Waals surface area (Å²) in [6.45, 7) is 1.99. The largest absolute Gasteiger partial charge is 0.277 e. The first-order chi connectivity index (χ1) is 6.31. The second-order valence-electron chi connectivity index (χ2n) is 1.39. The molecule has 0 aliphatic heterocycles. The van der Waals surface area contributed by atoms with E-state index in [-0.39, 0.29) is 0 Å². The number of hydrogen-bond acceptors (Lipinski definition) is 1. The molecule has 0 aromatic carbocycles. The zero-order chi connectivity index (χ0) is 9.94. The number of hydrogen-bond donors (Lipinski definition) is 0. The Hall–Kier alpha value is 2.80. The van der Waals surface area contributed by atoms with Crippen LogP contribution in [0, 0.1) is 0 Å². The fourth-order valence-electron chi connectivity index (χ4n) is 0.217. The summed E-state index contributed by atoms with van der Waals surface area (Å²) in [5.41, 5.74) is 0. The molecule has 0 aliphatic carbocycles. The van der Waals surface area contributed by atoms with Crippen LogP contribution in [0.15, 0.2) is 0 Å². The van der Waals surface area contributed by atoms with Crippen LogP contribution in [0.25, 0.3) is 0 Å². The molecule has 0 amide bonds. The van der Waals surface area contributed by atoms with Crippen LogP contribution in [0.1, 0.15) is 6.92 Å². The Morgan fingerprint density at radius 2 is 1.62 bits per heavy atom. The molecule has 0 heterocycles. The van der Waals surface area contributed by atoms with Crippen molar-refractivity contribution in [2.24, 2.45) is 0 Å². The van der Waals surface area contributed by atoms with Gasteiger partial charge in [0.05, 0.1) is 0 Å². The Bertz CT molecular complexity index is 292. The third-order valence-corrected chi connectivity index (χ3v) is 27.4. The summed E-state index contributed by atoms with van der Waals surface area (Å²) >= 11 is 0. The Kier molecular flexibility index (Phi) is 15.6. The standard InChI is InChI=1S/C2H6OP10/c1-2-13(3)12-11-10-9-8-7-6-5-4/h4H,2H2,1H3. The smallest absolute Gasteiger partial charge is 0.128 e. The van der Waals surface area contributed by atoms with E-state index < -0.39 is 7.09 Å². The highest BCUT2D eigenvalue weighted by Crippen LogP contribution is 2.52. The average Bonchev–Trinajstić information content (AvgIpc) is 2.16. The lowest BCUT2D eigenvalue weighted by molar-refractivity contribution is 0.598.